The van der Waals surface area contributed by atoms with Crippen molar-refractivity contribution in [1.82, 2.24) is 4.98 Å². The summed E-state index contributed by atoms with van der Waals surface area (Å²) >= 11 is 12.3. The van der Waals surface area contributed by atoms with Crippen molar-refractivity contribution in [2.45, 2.75) is 18.4 Å². The van der Waals surface area contributed by atoms with Gasteiger partial charge in [-0.1, -0.05) is 54.4 Å². The fraction of sp³-hybridized carbons (Fsp3) is 0.150. The van der Waals surface area contributed by atoms with Gasteiger partial charge in [-0.15, -0.1) is 0 Å². The molecule has 0 bridgehead atoms. The normalized spacial score (nSPS) is 14.8. The molecule has 0 fully saturated rings. The first kappa shape index (κ1) is 17.9. The molecule has 1 aromatic heterocycles. The van der Waals surface area contributed by atoms with Crippen LogP contribution in [0.5, 0.6) is 0 Å². The number of pyridine rings is 1. The molecule has 2 nitrogen and oxygen atoms in total. The quantitative estimate of drug-likeness (QED) is 0.646. The Hall–Kier alpha value is -1.94. The van der Waals surface area contributed by atoms with Gasteiger partial charge in [0.2, 0.25) is 0 Å². The number of aromatic nitrogens is 1. The van der Waals surface area contributed by atoms with Crippen molar-refractivity contribution >= 4 is 23.2 Å². The van der Waals surface area contributed by atoms with Gasteiger partial charge in [0.25, 0.3) is 0 Å². The van der Waals surface area contributed by atoms with Crippen LogP contribution in [0.4, 0.5) is 4.39 Å². The van der Waals surface area contributed by atoms with Crippen LogP contribution in [-0.4, -0.2) is 10.1 Å². The minimum Gasteiger partial charge on any atom is -0.380 e. The van der Waals surface area contributed by atoms with Crippen molar-refractivity contribution < 1.29 is 9.50 Å². The van der Waals surface area contributed by atoms with Crippen molar-refractivity contribution in [3.63, 3.8) is 0 Å². The van der Waals surface area contributed by atoms with E-state index >= 15 is 0 Å². The van der Waals surface area contributed by atoms with E-state index in [2.05, 4.69) is 4.98 Å². The minimum atomic E-state index is -1.43. The monoisotopic (exact) mass is 375 g/mol. The zero-order chi connectivity index (χ0) is 18.0. The van der Waals surface area contributed by atoms with Gasteiger partial charge in [-0.05, 0) is 41.5 Å². The highest BCUT2D eigenvalue weighted by Gasteiger charge is 2.39. The van der Waals surface area contributed by atoms with Gasteiger partial charge in [-0.2, -0.15) is 0 Å². The summed E-state index contributed by atoms with van der Waals surface area (Å²) in [7, 11) is 0. The van der Waals surface area contributed by atoms with E-state index in [-0.39, 0.29) is 5.82 Å². The van der Waals surface area contributed by atoms with E-state index in [4.69, 9.17) is 23.2 Å². The van der Waals surface area contributed by atoms with E-state index in [1.807, 2.05) is 6.92 Å². The van der Waals surface area contributed by atoms with Crippen molar-refractivity contribution in [2.75, 3.05) is 0 Å². The van der Waals surface area contributed by atoms with Gasteiger partial charge in [0.05, 0.1) is 0 Å². The highest BCUT2D eigenvalue weighted by atomic mass is 35.5. The first-order chi connectivity index (χ1) is 11.9. The molecule has 2 atom stereocenters. The largest absolute Gasteiger partial charge is 0.380 e. The Morgan fingerprint density at radius 3 is 2.36 bits per heavy atom. The van der Waals surface area contributed by atoms with Crippen LogP contribution in [0.25, 0.3) is 0 Å². The van der Waals surface area contributed by atoms with Gasteiger partial charge in [0.1, 0.15) is 11.4 Å². The minimum absolute atomic E-state index is 0.366. The van der Waals surface area contributed by atoms with Gasteiger partial charge in [-0.3, -0.25) is 4.98 Å². The predicted molar refractivity (Wildman–Crippen MR) is 98.5 cm³/mol. The standard InChI is InChI=1S/C20H16Cl2FNO/c1-13(18-9-6-16(21)11-19(18)22)20(25,15-3-2-10-24-12-15)14-4-7-17(23)8-5-14/h2-13,25H,1H3. The summed E-state index contributed by atoms with van der Waals surface area (Å²) in [6.07, 6.45) is 3.23. The average Bonchev–Trinajstić information content (AvgIpc) is 2.62. The van der Waals surface area contributed by atoms with E-state index in [0.29, 0.717) is 21.2 Å². The van der Waals surface area contributed by atoms with Crippen LogP contribution in [0.3, 0.4) is 0 Å². The van der Waals surface area contributed by atoms with Crippen LogP contribution in [0.15, 0.2) is 67.0 Å². The Balaban J connectivity index is 2.19. The molecule has 0 saturated carbocycles. The lowest BCUT2D eigenvalue weighted by atomic mass is 9.74. The van der Waals surface area contributed by atoms with Crippen molar-refractivity contribution in [3.05, 3.63) is 99.5 Å². The summed E-state index contributed by atoms with van der Waals surface area (Å²) in [4.78, 5) is 4.12. The first-order valence-electron chi connectivity index (χ1n) is 7.77. The summed E-state index contributed by atoms with van der Waals surface area (Å²) in [5.74, 6) is -0.790. The molecule has 0 spiro atoms. The zero-order valence-corrected chi connectivity index (χ0v) is 15.0. The maximum Gasteiger partial charge on any atom is 0.123 e. The number of hydrogen-bond donors (Lipinski definition) is 1. The molecule has 2 unspecified atom stereocenters. The molecule has 0 radical (unpaired) electrons. The molecule has 0 aliphatic carbocycles. The molecule has 25 heavy (non-hydrogen) atoms. The summed E-state index contributed by atoms with van der Waals surface area (Å²) in [6.45, 7) is 1.87. The summed E-state index contributed by atoms with van der Waals surface area (Å²) in [5, 5.41) is 12.7. The number of benzene rings is 2. The van der Waals surface area contributed by atoms with Crippen LogP contribution in [0.2, 0.25) is 10.0 Å². The van der Waals surface area contributed by atoms with Gasteiger partial charge in [-0.25, -0.2) is 4.39 Å². The van der Waals surface area contributed by atoms with E-state index in [1.54, 1.807) is 54.9 Å². The van der Waals surface area contributed by atoms with Crippen LogP contribution >= 0.6 is 23.2 Å². The lowest BCUT2D eigenvalue weighted by Crippen LogP contribution is -2.34. The van der Waals surface area contributed by atoms with Gasteiger partial charge >= 0.3 is 0 Å². The van der Waals surface area contributed by atoms with Gasteiger partial charge < -0.3 is 5.11 Å². The van der Waals surface area contributed by atoms with Crippen molar-refractivity contribution in [1.29, 1.82) is 0 Å². The highest BCUT2D eigenvalue weighted by Crippen LogP contribution is 2.44. The van der Waals surface area contributed by atoms with Gasteiger partial charge in [0.15, 0.2) is 0 Å². The predicted octanol–water partition coefficient (Wildman–Crippen LogP) is 5.57. The molecule has 3 aromatic rings. The third-order valence-corrected chi connectivity index (χ3v) is 5.00. The molecule has 0 aliphatic rings. The highest BCUT2D eigenvalue weighted by molar-refractivity contribution is 6.35. The van der Waals surface area contributed by atoms with E-state index < -0.39 is 11.5 Å². The maximum absolute atomic E-state index is 13.4. The molecule has 2 aromatic carbocycles. The third-order valence-electron chi connectivity index (χ3n) is 4.44. The van der Waals surface area contributed by atoms with Crippen molar-refractivity contribution in [2.24, 2.45) is 0 Å². The lowest BCUT2D eigenvalue weighted by Gasteiger charge is -2.36. The number of hydrogen-bond acceptors (Lipinski definition) is 2. The molecule has 0 saturated heterocycles. The molecule has 1 N–H and O–H groups in total. The fourth-order valence-corrected chi connectivity index (χ4v) is 3.61. The van der Waals surface area contributed by atoms with Crippen LogP contribution in [-0.2, 0) is 5.60 Å². The Labute approximate surface area is 155 Å². The molecule has 1 heterocycles. The second-order valence-corrected chi connectivity index (χ2v) is 6.75. The first-order valence-corrected chi connectivity index (χ1v) is 8.52. The Kier molecular flexibility index (Phi) is 5.09. The van der Waals surface area contributed by atoms with E-state index in [0.717, 1.165) is 5.56 Å². The van der Waals surface area contributed by atoms with E-state index in [1.165, 1.54) is 12.1 Å². The SMILES string of the molecule is CC(c1ccc(Cl)cc1Cl)C(O)(c1ccc(F)cc1)c1cccnc1. The zero-order valence-electron chi connectivity index (χ0n) is 13.5. The Morgan fingerprint density at radius 2 is 1.76 bits per heavy atom. The molecular weight excluding hydrogens is 360 g/mol. The fourth-order valence-electron chi connectivity index (χ4n) is 3.04. The van der Waals surface area contributed by atoms with Crippen LogP contribution in [0.1, 0.15) is 29.5 Å². The molecule has 5 heteroatoms. The molecule has 0 aliphatic heterocycles. The topological polar surface area (TPSA) is 33.1 Å². The smallest absolute Gasteiger partial charge is 0.123 e. The number of rotatable bonds is 4. The van der Waals surface area contributed by atoms with Crippen LogP contribution < -0.4 is 0 Å². The molecule has 0 amide bonds. The van der Waals surface area contributed by atoms with Crippen molar-refractivity contribution in [3.8, 4) is 0 Å². The molecule has 3 rings (SSSR count). The summed E-state index contributed by atoms with van der Waals surface area (Å²) < 4.78 is 13.4. The molecular formula is C20H16Cl2FNO. The Bertz CT molecular complexity index is 871. The van der Waals surface area contributed by atoms with Crippen LogP contribution in [0, 0.1) is 5.82 Å². The summed E-state index contributed by atoms with van der Waals surface area (Å²) in [6, 6.07) is 14.5. The second kappa shape index (κ2) is 7.12. The molecule has 128 valence electrons. The summed E-state index contributed by atoms with van der Waals surface area (Å²) in [5.41, 5.74) is 0.460. The van der Waals surface area contributed by atoms with Gasteiger partial charge in [0, 0.05) is 33.9 Å². The number of aliphatic hydroxyl groups is 1. The average molecular weight is 376 g/mol. The second-order valence-electron chi connectivity index (χ2n) is 5.90. The maximum atomic E-state index is 13.4. The number of nitrogens with zero attached hydrogens (tertiary/aromatic N) is 1. The van der Waals surface area contributed by atoms with E-state index in [9.17, 15) is 9.50 Å². The lowest BCUT2D eigenvalue weighted by molar-refractivity contribution is 0.0551. The third kappa shape index (κ3) is 3.40. The number of halogens is 3. The Morgan fingerprint density at radius 1 is 1.04 bits per heavy atom.